The van der Waals surface area contributed by atoms with Crippen molar-refractivity contribution in [2.45, 2.75) is 32.9 Å². The largest absolute Gasteiger partial charge is 0.454 e. The molecule has 1 aliphatic heterocycles. The molecule has 35 heavy (non-hydrogen) atoms. The molecule has 7 nitrogen and oxygen atoms in total. The van der Waals surface area contributed by atoms with Crippen molar-refractivity contribution in [3.8, 4) is 11.5 Å². The molecule has 0 aliphatic carbocycles. The van der Waals surface area contributed by atoms with Gasteiger partial charge in [-0.3, -0.25) is 9.59 Å². The number of rotatable bonds is 6. The van der Waals surface area contributed by atoms with E-state index in [1.165, 1.54) is 11.3 Å². The molecule has 178 valence electrons. The average molecular weight is 488 g/mol. The number of amides is 2. The highest BCUT2D eigenvalue weighted by molar-refractivity contribution is 7.16. The zero-order valence-electron chi connectivity index (χ0n) is 19.5. The van der Waals surface area contributed by atoms with Crippen LogP contribution in [0.1, 0.15) is 40.9 Å². The van der Waals surface area contributed by atoms with Crippen molar-refractivity contribution < 1.29 is 19.1 Å². The monoisotopic (exact) mass is 487 g/mol. The minimum absolute atomic E-state index is 0.141. The number of hydrogen-bond acceptors (Lipinski definition) is 5. The van der Waals surface area contributed by atoms with Crippen LogP contribution in [-0.2, 0) is 11.3 Å². The molecule has 5 rings (SSSR count). The molecule has 3 aromatic carbocycles. The standard InChI is InChI=1S/C27H25N3O4S/c1-3-20(26(32)28-15-18-10-13-22-23(14-18)34-16-33-22)30-21-6-4-5-7-24(21)35-27(30)29-25(31)19-11-8-17(2)9-12-19/h4-14,20H,3,15-16H2,1-2H3,(H,28,32). The Bertz CT molecular complexity index is 1470. The van der Waals surface area contributed by atoms with Crippen LogP contribution in [0.15, 0.2) is 71.7 Å². The van der Waals surface area contributed by atoms with E-state index >= 15 is 0 Å². The summed E-state index contributed by atoms with van der Waals surface area (Å²) < 4.78 is 13.6. The number of ether oxygens (including phenoxy) is 2. The van der Waals surface area contributed by atoms with E-state index in [4.69, 9.17) is 9.47 Å². The quantitative estimate of drug-likeness (QED) is 0.426. The van der Waals surface area contributed by atoms with Crippen molar-refractivity contribution in [2.75, 3.05) is 6.79 Å². The number of nitrogens with zero attached hydrogens (tertiary/aromatic N) is 2. The summed E-state index contributed by atoms with van der Waals surface area (Å²) >= 11 is 1.40. The van der Waals surface area contributed by atoms with Gasteiger partial charge in [-0.2, -0.15) is 4.99 Å². The minimum Gasteiger partial charge on any atom is -0.454 e. The molecule has 1 aliphatic rings. The Kier molecular flexibility index (Phi) is 6.37. The van der Waals surface area contributed by atoms with Crippen molar-refractivity contribution in [2.24, 2.45) is 4.99 Å². The molecule has 8 heteroatoms. The Hall–Kier alpha value is -3.91. The van der Waals surface area contributed by atoms with Gasteiger partial charge < -0.3 is 19.4 Å². The summed E-state index contributed by atoms with van der Waals surface area (Å²) in [7, 11) is 0. The third-order valence-electron chi connectivity index (χ3n) is 5.93. The Labute approximate surface area is 206 Å². The number of carbonyl (C=O) groups is 2. The molecule has 0 saturated carbocycles. The highest BCUT2D eigenvalue weighted by Crippen LogP contribution is 2.32. The lowest BCUT2D eigenvalue weighted by molar-refractivity contribution is -0.124. The second-order valence-electron chi connectivity index (χ2n) is 8.33. The predicted molar refractivity (Wildman–Crippen MR) is 135 cm³/mol. The van der Waals surface area contributed by atoms with Gasteiger partial charge in [0.1, 0.15) is 6.04 Å². The lowest BCUT2D eigenvalue weighted by Gasteiger charge is -2.18. The van der Waals surface area contributed by atoms with Gasteiger partial charge in [-0.1, -0.05) is 54.2 Å². The van der Waals surface area contributed by atoms with Gasteiger partial charge in [0.05, 0.1) is 10.2 Å². The van der Waals surface area contributed by atoms with Gasteiger partial charge in [0.2, 0.25) is 12.7 Å². The number of thiazole rings is 1. The van der Waals surface area contributed by atoms with Crippen molar-refractivity contribution in [3.05, 3.63) is 88.2 Å². The van der Waals surface area contributed by atoms with E-state index in [1.54, 1.807) is 12.1 Å². The van der Waals surface area contributed by atoms with E-state index < -0.39 is 6.04 Å². The fourth-order valence-corrected chi connectivity index (χ4v) is 5.13. The van der Waals surface area contributed by atoms with E-state index in [-0.39, 0.29) is 18.6 Å². The lowest BCUT2D eigenvalue weighted by Crippen LogP contribution is -2.35. The summed E-state index contributed by atoms with van der Waals surface area (Å²) in [6.07, 6.45) is 0.541. The zero-order valence-corrected chi connectivity index (χ0v) is 20.3. The third kappa shape index (κ3) is 4.70. The molecule has 1 aromatic heterocycles. The number of fused-ring (bicyclic) bond motifs is 2. The second kappa shape index (κ2) is 9.76. The molecular formula is C27H25N3O4S. The molecule has 0 radical (unpaired) electrons. The van der Waals surface area contributed by atoms with Gasteiger partial charge in [-0.05, 0) is 55.3 Å². The SMILES string of the molecule is CCC(C(=O)NCc1ccc2c(c1)OCO2)n1c(=NC(=O)c2ccc(C)cc2)sc2ccccc21. The normalized spacial score (nSPS) is 13.7. The first-order valence-electron chi connectivity index (χ1n) is 11.5. The minimum atomic E-state index is -0.523. The van der Waals surface area contributed by atoms with E-state index in [0.717, 1.165) is 21.3 Å². The van der Waals surface area contributed by atoms with Gasteiger partial charge in [0.25, 0.3) is 5.91 Å². The highest BCUT2D eigenvalue weighted by Gasteiger charge is 2.23. The number of hydrogen-bond donors (Lipinski definition) is 1. The van der Waals surface area contributed by atoms with Crippen molar-refractivity contribution in [1.29, 1.82) is 0 Å². The summed E-state index contributed by atoms with van der Waals surface area (Å²) in [5.74, 6) is 0.910. The fourth-order valence-electron chi connectivity index (χ4n) is 4.06. The molecule has 1 N–H and O–H groups in total. The van der Waals surface area contributed by atoms with E-state index in [0.29, 0.717) is 34.8 Å². The zero-order chi connectivity index (χ0) is 24.4. The summed E-state index contributed by atoms with van der Waals surface area (Å²) in [6, 6.07) is 20.2. The Balaban J connectivity index is 1.46. The van der Waals surface area contributed by atoms with Gasteiger partial charge in [0, 0.05) is 12.1 Å². The maximum Gasteiger partial charge on any atom is 0.279 e. The maximum atomic E-state index is 13.4. The van der Waals surface area contributed by atoms with Gasteiger partial charge in [-0.25, -0.2) is 0 Å². The summed E-state index contributed by atoms with van der Waals surface area (Å²) in [5, 5.41) is 3.03. The first-order valence-corrected chi connectivity index (χ1v) is 12.3. The van der Waals surface area contributed by atoms with Gasteiger partial charge >= 0.3 is 0 Å². The van der Waals surface area contributed by atoms with Crippen LogP contribution in [-0.4, -0.2) is 23.2 Å². The third-order valence-corrected chi connectivity index (χ3v) is 6.97. The Morgan fingerprint density at radius 3 is 2.63 bits per heavy atom. The number of para-hydroxylation sites is 1. The molecule has 2 amide bonds. The van der Waals surface area contributed by atoms with Crippen molar-refractivity contribution in [3.63, 3.8) is 0 Å². The van der Waals surface area contributed by atoms with Crippen molar-refractivity contribution >= 4 is 33.4 Å². The van der Waals surface area contributed by atoms with Crippen LogP contribution in [0.4, 0.5) is 0 Å². The van der Waals surface area contributed by atoms with Crippen LogP contribution in [0.3, 0.4) is 0 Å². The topological polar surface area (TPSA) is 81.9 Å². The first-order chi connectivity index (χ1) is 17.0. The van der Waals surface area contributed by atoms with Crippen LogP contribution in [0.25, 0.3) is 10.2 Å². The summed E-state index contributed by atoms with van der Waals surface area (Å²) in [4.78, 5) is 31.2. The second-order valence-corrected chi connectivity index (χ2v) is 9.34. The van der Waals surface area contributed by atoms with E-state index in [1.807, 2.05) is 73.0 Å². The number of aromatic nitrogens is 1. The van der Waals surface area contributed by atoms with E-state index in [2.05, 4.69) is 10.3 Å². The highest BCUT2D eigenvalue weighted by atomic mass is 32.1. The summed E-state index contributed by atoms with van der Waals surface area (Å²) in [5.41, 5.74) is 3.37. The molecule has 1 unspecified atom stereocenters. The molecule has 2 heterocycles. The molecule has 1 atom stereocenters. The van der Waals surface area contributed by atoms with Crippen LogP contribution in [0.5, 0.6) is 11.5 Å². The van der Waals surface area contributed by atoms with E-state index in [9.17, 15) is 9.59 Å². The number of nitrogens with one attached hydrogen (secondary N) is 1. The molecule has 0 saturated heterocycles. The first kappa shape index (κ1) is 22.9. The number of benzene rings is 3. The Morgan fingerprint density at radius 2 is 1.83 bits per heavy atom. The molecule has 0 spiro atoms. The van der Waals surface area contributed by atoms with Gasteiger partial charge in [-0.15, -0.1) is 0 Å². The Morgan fingerprint density at radius 1 is 1.06 bits per heavy atom. The predicted octanol–water partition coefficient (Wildman–Crippen LogP) is 4.75. The van der Waals surface area contributed by atoms with Crippen LogP contribution >= 0.6 is 11.3 Å². The van der Waals surface area contributed by atoms with Crippen molar-refractivity contribution in [1.82, 2.24) is 9.88 Å². The number of carbonyl (C=O) groups excluding carboxylic acids is 2. The molecule has 4 aromatic rings. The average Bonchev–Trinajstić information content (AvgIpc) is 3.48. The van der Waals surface area contributed by atoms with Crippen LogP contribution in [0.2, 0.25) is 0 Å². The molecule has 0 fully saturated rings. The van der Waals surface area contributed by atoms with Crippen LogP contribution < -0.4 is 19.6 Å². The maximum absolute atomic E-state index is 13.4. The molecule has 0 bridgehead atoms. The van der Waals surface area contributed by atoms with Crippen LogP contribution in [0, 0.1) is 6.92 Å². The number of aryl methyl sites for hydroxylation is 1. The smallest absolute Gasteiger partial charge is 0.279 e. The van der Waals surface area contributed by atoms with Gasteiger partial charge in [0.15, 0.2) is 16.3 Å². The molecular weight excluding hydrogens is 462 g/mol. The lowest BCUT2D eigenvalue weighted by atomic mass is 10.1. The fraction of sp³-hybridized carbons (Fsp3) is 0.222. The summed E-state index contributed by atoms with van der Waals surface area (Å²) in [6.45, 7) is 4.48.